The molecule has 1 aliphatic heterocycles. The molecule has 5 heteroatoms. The van der Waals surface area contributed by atoms with E-state index in [9.17, 15) is 10.2 Å². The van der Waals surface area contributed by atoms with Crippen molar-refractivity contribution in [3.05, 3.63) is 52.2 Å². The molecule has 0 bridgehead atoms. The molecule has 0 aliphatic carbocycles. The molecule has 0 saturated carbocycles. The van der Waals surface area contributed by atoms with Crippen molar-refractivity contribution in [1.82, 2.24) is 9.80 Å². The molecular formula is C18H24N2O2S. The number of rotatable bonds is 6. The van der Waals surface area contributed by atoms with Gasteiger partial charge in [0.15, 0.2) is 0 Å². The molecule has 1 fully saturated rings. The Balaban J connectivity index is 1.61. The van der Waals surface area contributed by atoms with Crippen molar-refractivity contribution in [2.45, 2.75) is 25.6 Å². The average Bonchev–Trinajstić information content (AvgIpc) is 3.03. The van der Waals surface area contributed by atoms with Crippen molar-refractivity contribution < 1.29 is 10.2 Å². The first kappa shape index (κ1) is 16.5. The molecule has 1 aromatic heterocycles. The molecule has 1 aliphatic rings. The van der Waals surface area contributed by atoms with E-state index in [1.807, 2.05) is 12.1 Å². The van der Waals surface area contributed by atoms with Crippen LogP contribution in [0, 0.1) is 0 Å². The number of aromatic hydroxyl groups is 1. The highest BCUT2D eigenvalue weighted by Gasteiger charge is 2.26. The van der Waals surface area contributed by atoms with Crippen LogP contribution in [0.4, 0.5) is 0 Å². The van der Waals surface area contributed by atoms with Crippen molar-refractivity contribution >= 4 is 11.3 Å². The third-order valence-corrected chi connectivity index (χ3v) is 5.27. The summed E-state index contributed by atoms with van der Waals surface area (Å²) in [6.07, 6.45) is 0.807. The first-order chi connectivity index (χ1) is 11.2. The summed E-state index contributed by atoms with van der Waals surface area (Å²) in [6.45, 7) is 5.04. The van der Waals surface area contributed by atoms with Crippen LogP contribution < -0.4 is 0 Å². The van der Waals surface area contributed by atoms with Crippen LogP contribution in [0.2, 0.25) is 0 Å². The Morgan fingerprint density at radius 1 is 1.13 bits per heavy atom. The van der Waals surface area contributed by atoms with E-state index in [2.05, 4.69) is 33.4 Å². The summed E-state index contributed by atoms with van der Waals surface area (Å²) >= 11 is 1.80. The fourth-order valence-corrected chi connectivity index (χ4v) is 3.98. The normalized spacial score (nSPS) is 20.0. The Hall–Kier alpha value is -1.40. The largest absolute Gasteiger partial charge is 0.508 e. The van der Waals surface area contributed by atoms with Gasteiger partial charge in [0, 0.05) is 50.2 Å². The van der Waals surface area contributed by atoms with E-state index in [1.165, 1.54) is 4.88 Å². The highest BCUT2D eigenvalue weighted by Crippen LogP contribution is 2.21. The summed E-state index contributed by atoms with van der Waals surface area (Å²) in [5, 5.41) is 21.1. The second-order valence-corrected chi connectivity index (χ2v) is 7.15. The van der Waals surface area contributed by atoms with Crippen molar-refractivity contribution in [3.8, 4) is 5.75 Å². The first-order valence-corrected chi connectivity index (χ1v) is 9.00. The van der Waals surface area contributed by atoms with E-state index in [1.54, 1.807) is 17.4 Å². The van der Waals surface area contributed by atoms with Gasteiger partial charge in [0.2, 0.25) is 0 Å². The SMILES string of the molecule is OCCC1CN(Cc2cccc(O)c2)CCN1Cc1cccs1. The Kier molecular flexibility index (Phi) is 5.67. The van der Waals surface area contributed by atoms with Crippen LogP contribution in [0.5, 0.6) is 5.75 Å². The third kappa shape index (κ3) is 4.54. The van der Waals surface area contributed by atoms with Crippen LogP contribution >= 0.6 is 11.3 Å². The predicted octanol–water partition coefficient (Wildman–Crippen LogP) is 2.52. The van der Waals surface area contributed by atoms with Crippen molar-refractivity contribution in [2.75, 3.05) is 26.2 Å². The van der Waals surface area contributed by atoms with E-state index >= 15 is 0 Å². The van der Waals surface area contributed by atoms with Crippen LogP contribution in [-0.4, -0.2) is 52.3 Å². The summed E-state index contributed by atoms with van der Waals surface area (Å²) < 4.78 is 0. The van der Waals surface area contributed by atoms with Crippen LogP contribution in [0.25, 0.3) is 0 Å². The molecule has 1 aromatic carbocycles. The molecule has 0 radical (unpaired) electrons. The maximum atomic E-state index is 9.61. The van der Waals surface area contributed by atoms with Gasteiger partial charge < -0.3 is 10.2 Å². The number of hydrogen-bond acceptors (Lipinski definition) is 5. The van der Waals surface area contributed by atoms with Gasteiger partial charge in [-0.15, -0.1) is 11.3 Å². The lowest BCUT2D eigenvalue weighted by molar-refractivity contribution is 0.0506. The molecule has 124 valence electrons. The molecule has 2 aromatic rings. The van der Waals surface area contributed by atoms with Gasteiger partial charge >= 0.3 is 0 Å². The van der Waals surface area contributed by atoms with E-state index < -0.39 is 0 Å². The number of piperazine rings is 1. The fraction of sp³-hybridized carbons (Fsp3) is 0.444. The highest BCUT2D eigenvalue weighted by molar-refractivity contribution is 7.09. The number of benzene rings is 1. The average molecular weight is 332 g/mol. The zero-order chi connectivity index (χ0) is 16.1. The summed E-state index contributed by atoms with van der Waals surface area (Å²) in [5.74, 6) is 0.325. The van der Waals surface area contributed by atoms with Crippen molar-refractivity contribution in [3.63, 3.8) is 0 Å². The number of phenols is 1. The summed E-state index contributed by atoms with van der Waals surface area (Å²) in [4.78, 5) is 6.29. The van der Waals surface area contributed by atoms with Gasteiger partial charge in [-0.3, -0.25) is 9.80 Å². The van der Waals surface area contributed by atoms with Crippen molar-refractivity contribution in [1.29, 1.82) is 0 Å². The molecule has 1 atom stereocenters. The number of nitrogens with zero attached hydrogens (tertiary/aromatic N) is 2. The van der Waals surface area contributed by atoms with E-state index in [-0.39, 0.29) is 6.61 Å². The second-order valence-electron chi connectivity index (χ2n) is 6.12. The molecule has 3 rings (SSSR count). The molecular weight excluding hydrogens is 308 g/mol. The molecule has 0 spiro atoms. The Morgan fingerprint density at radius 3 is 2.78 bits per heavy atom. The molecule has 2 heterocycles. The minimum Gasteiger partial charge on any atom is -0.508 e. The molecule has 0 amide bonds. The number of aliphatic hydroxyl groups is 1. The number of hydrogen-bond donors (Lipinski definition) is 2. The lowest BCUT2D eigenvalue weighted by atomic mass is 10.1. The van der Waals surface area contributed by atoms with Gasteiger partial charge in [-0.1, -0.05) is 18.2 Å². The summed E-state index contributed by atoms with van der Waals surface area (Å²) in [7, 11) is 0. The third-order valence-electron chi connectivity index (χ3n) is 4.41. The topological polar surface area (TPSA) is 46.9 Å². The zero-order valence-electron chi connectivity index (χ0n) is 13.3. The van der Waals surface area contributed by atoms with E-state index in [4.69, 9.17) is 0 Å². The van der Waals surface area contributed by atoms with Gasteiger partial charge in [0.05, 0.1) is 0 Å². The van der Waals surface area contributed by atoms with Crippen molar-refractivity contribution in [2.24, 2.45) is 0 Å². The number of phenolic OH excluding ortho intramolecular Hbond substituents is 1. The fourth-order valence-electron chi connectivity index (χ4n) is 3.25. The number of thiophene rings is 1. The predicted molar refractivity (Wildman–Crippen MR) is 93.6 cm³/mol. The standard InChI is InChI=1S/C18H24N2O2S/c21-9-6-16-13-19(12-15-3-1-4-17(22)11-15)7-8-20(16)14-18-5-2-10-23-18/h1-5,10-11,16,21-22H,6-9,12-14H2. The van der Waals surface area contributed by atoms with Gasteiger partial charge in [0.1, 0.15) is 5.75 Å². The Morgan fingerprint density at radius 2 is 2.04 bits per heavy atom. The summed E-state index contributed by atoms with van der Waals surface area (Å²) in [5.41, 5.74) is 1.14. The zero-order valence-corrected chi connectivity index (χ0v) is 14.1. The number of aliphatic hydroxyl groups excluding tert-OH is 1. The summed E-state index contributed by atoms with van der Waals surface area (Å²) in [6, 6.07) is 12.1. The molecule has 4 nitrogen and oxygen atoms in total. The Labute approximate surface area is 141 Å². The van der Waals surface area contributed by atoms with E-state index in [0.717, 1.165) is 44.7 Å². The minimum absolute atomic E-state index is 0.228. The second kappa shape index (κ2) is 7.93. The quantitative estimate of drug-likeness (QED) is 0.853. The highest BCUT2D eigenvalue weighted by atomic mass is 32.1. The van der Waals surface area contributed by atoms with E-state index in [0.29, 0.717) is 11.8 Å². The first-order valence-electron chi connectivity index (χ1n) is 8.12. The maximum Gasteiger partial charge on any atom is 0.115 e. The minimum atomic E-state index is 0.228. The smallest absolute Gasteiger partial charge is 0.115 e. The lowest BCUT2D eigenvalue weighted by Crippen LogP contribution is -2.52. The van der Waals surface area contributed by atoms with Crippen LogP contribution in [0.3, 0.4) is 0 Å². The van der Waals surface area contributed by atoms with Crippen LogP contribution in [0.1, 0.15) is 16.9 Å². The Bertz CT molecular complexity index is 603. The molecule has 1 unspecified atom stereocenters. The van der Waals surface area contributed by atoms with Gasteiger partial charge in [0.25, 0.3) is 0 Å². The molecule has 1 saturated heterocycles. The van der Waals surface area contributed by atoms with Crippen LogP contribution in [0.15, 0.2) is 41.8 Å². The lowest BCUT2D eigenvalue weighted by Gasteiger charge is -2.41. The molecule has 23 heavy (non-hydrogen) atoms. The van der Waals surface area contributed by atoms with Gasteiger partial charge in [-0.2, -0.15) is 0 Å². The monoisotopic (exact) mass is 332 g/mol. The van der Waals surface area contributed by atoms with Gasteiger partial charge in [-0.25, -0.2) is 0 Å². The van der Waals surface area contributed by atoms with Gasteiger partial charge in [-0.05, 0) is 35.6 Å². The van der Waals surface area contributed by atoms with Crippen LogP contribution in [-0.2, 0) is 13.1 Å². The molecule has 2 N–H and O–H groups in total. The maximum absolute atomic E-state index is 9.61.